The first-order valence-corrected chi connectivity index (χ1v) is 7.04. The van der Waals surface area contributed by atoms with Crippen molar-refractivity contribution >= 4 is 33.5 Å². The van der Waals surface area contributed by atoms with Crippen molar-refractivity contribution in [3.8, 4) is 5.75 Å². The Morgan fingerprint density at radius 1 is 1.41 bits per heavy atom. The normalized spacial score (nSPS) is 14.0. The predicted molar refractivity (Wildman–Crippen MR) is 76.2 cm³/mol. The van der Waals surface area contributed by atoms with E-state index < -0.39 is 11.4 Å². The van der Waals surface area contributed by atoms with Gasteiger partial charge in [-0.1, -0.05) is 10.5 Å². The summed E-state index contributed by atoms with van der Waals surface area (Å²) >= 11 is 2.14. The number of benzene rings is 1. The Morgan fingerprint density at radius 3 is 2.59 bits per heavy atom. The van der Waals surface area contributed by atoms with Gasteiger partial charge in [-0.15, -0.1) is 0 Å². The first kappa shape index (κ1) is 14.5. The lowest BCUT2D eigenvalue weighted by Gasteiger charge is -2.17. The van der Waals surface area contributed by atoms with Gasteiger partial charge in [0.1, 0.15) is 21.9 Å². The molecule has 1 rings (SSSR count). The van der Waals surface area contributed by atoms with E-state index in [-0.39, 0.29) is 4.75 Å². The molecule has 0 spiro atoms. The van der Waals surface area contributed by atoms with E-state index in [9.17, 15) is 4.55 Å². The Hall–Kier alpha value is -0.520. The molecule has 0 amide bonds. The minimum absolute atomic E-state index is 0.337. The van der Waals surface area contributed by atoms with Crippen molar-refractivity contribution < 1.29 is 9.29 Å². The first-order chi connectivity index (χ1) is 7.84. The molecule has 1 unspecified atom stereocenters. The molecule has 0 saturated carbocycles. The molecule has 1 atom stereocenters. The van der Waals surface area contributed by atoms with Crippen molar-refractivity contribution in [2.75, 3.05) is 7.11 Å². The van der Waals surface area contributed by atoms with Crippen LogP contribution in [0.4, 0.5) is 0 Å². The molecule has 0 aliphatic heterocycles. The minimum Gasteiger partial charge on any atom is -0.591 e. The van der Waals surface area contributed by atoms with Crippen LogP contribution in [0.1, 0.15) is 26.3 Å². The molecule has 0 bridgehead atoms. The molecule has 0 heterocycles. The lowest BCUT2D eigenvalue weighted by Crippen LogP contribution is -2.25. The molecule has 94 valence electrons. The number of nitrogens with zero attached hydrogens (tertiary/aromatic N) is 1. The van der Waals surface area contributed by atoms with Crippen molar-refractivity contribution in [3.63, 3.8) is 0 Å². The smallest absolute Gasteiger partial charge is 0.144 e. The maximum Gasteiger partial charge on any atom is 0.144 e. The number of hydrogen-bond acceptors (Lipinski definition) is 3. The van der Waals surface area contributed by atoms with Crippen molar-refractivity contribution in [2.45, 2.75) is 25.5 Å². The second-order valence-electron chi connectivity index (χ2n) is 4.49. The molecule has 0 aliphatic carbocycles. The topological polar surface area (TPSA) is 44.6 Å². The lowest BCUT2D eigenvalue weighted by molar-refractivity contribution is 0.412. The lowest BCUT2D eigenvalue weighted by atomic mass is 10.2. The van der Waals surface area contributed by atoms with Gasteiger partial charge in [0.15, 0.2) is 0 Å². The maximum absolute atomic E-state index is 11.7. The number of ether oxygens (including phenoxy) is 1. The van der Waals surface area contributed by atoms with E-state index in [2.05, 4.69) is 20.3 Å². The monoisotopic (exact) mass is 317 g/mol. The molecular formula is C12H16BrNO2S. The summed E-state index contributed by atoms with van der Waals surface area (Å²) < 4.78 is 21.5. The van der Waals surface area contributed by atoms with Crippen LogP contribution in [-0.4, -0.2) is 22.6 Å². The zero-order valence-electron chi connectivity index (χ0n) is 10.4. The molecule has 0 aliphatic rings. The van der Waals surface area contributed by atoms with Gasteiger partial charge >= 0.3 is 0 Å². The highest BCUT2D eigenvalue weighted by Gasteiger charge is 2.25. The van der Waals surface area contributed by atoms with E-state index in [1.54, 1.807) is 13.3 Å². The van der Waals surface area contributed by atoms with E-state index in [0.29, 0.717) is 0 Å². The Balaban J connectivity index is 2.85. The second-order valence-corrected chi connectivity index (χ2v) is 7.28. The summed E-state index contributed by atoms with van der Waals surface area (Å²) in [5.74, 6) is 0.732. The van der Waals surface area contributed by atoms with Crippen molar-refractivity contribution in [1.82, 2.24) is 0 Å². The number of hydrogen-bond donors (Lipinski definition) is 0. The van der Waals surface area contributed by atoms with E-state index in [1.807, 2.05) is 39.0 Å². The third kappa shape index (κ3) is 4.33. The van der Waals surface area contributed by atoms with Gasteiger partial charge in [-0.25, -0.2) is 0 Å². The molecule has 0 fully saturated rings. The van der Waals surface area contributed by atoms with Crippen molar-refractivity contribution in [2.24, 2.45) is 4.40 Å². The van der Waals surface area contributed by atoms with Crippen LogP contribution >= 0.6 is 15.9 Å². The van der Waals surface area contributed by atoms with Gasteiger partial charge in [-0.2, -0.15) is 0 Å². The molecular weight excluding hydrogens is 302 g/mol. The fourth-order valence-corrected chi connectivity index (χ4v) is 1.97. The van der Waals surface area contributed by atoms with Gasteiger partial charge in [0, 0.05) is 5.56 Å². The molecule has 1 aromatic carbocycles. The van der Waals surface area contributed by atoms with E-state index >= 15 is 0 Å². The van der Waals surface area contributed by atoms with Crippen molar-refractivity contribution in [1.29, 1.82) is 0 Å². The number of halogens is 1. The zero-order valence-corrected chi connectivity index (χ0v) is 12.8. The third-order valence-corrected chi connectivity index (χ3v) is 4.00. The van der Waals surface area contributed by atoms with Gasteiger partial charge in [0.05, 0.1) is 17.8 Å². The summed E-state index contributed by atoms with van der Waals surface area (Å²) in [6, 6.07) is 5.60. The average Bonchev–Trinajstić information content (AvgIpc) is 2.26. The van der Waals surface area contributed by atoms with Crippen LogP contribution in [0.3, 0.4) is 0 Å². The van der Waals surface area contributed by atoms with Crippen LogP contribution in [0.2, 0.25) is 0 Å². The quantitative estimate of drug-likeness (QED) is 0.634. The SMILES string of the molecule is COc1cc(C=N[S+]([O-])C(C)(C)C)ccc1Br. The highest BCUT2D eigenvalue weighted by atomic mass is 79.9. The van der Waals surface area contributed by atoms with Crippen molar-refractivity contribution in [3.05, 3.63) is 28.2 Å². The summed E-state index contributed by atoms with van der Waals surface area (Å²) in [4.78, 5) is 0. The highest BCUT2D eigenvalue weighted by molar-refractivity contribution is 9.10. The zero-order chi connectivity index (χ0) is 13.1. The maximum atomic E-state index is 11.7. The van der Waals surface area contributed by atoms with Crippen LogP contribution in [0.25, 0.3) is 0 Å². The van der Waals surface area contributed by atoms with Crippen LogP contribution in [-0.2, 0) is 11.4 Å². The summed E-state index contributed by atoms with van der Waals surface area (Å²) in [7, 11) is 1.61. The molecule has 17 heavy (non-hydrogen) atoms. The van der Waals surface area contributed by atoms with Crippen LogP contribution in [0.15, 0.2) is 27.1 Å². The average molecular weight is 318 g/mol. The predicted octanol–water partition coefficient (Wildman–Crippen LogP) is 3.34. The molecule has 0 saturated heterocycles. The van der Waals surface area contributed by atoms with Gasteiger partial charge in [0.25, 0.3) is 0 Å². The number of rotatable bonds is 3. The van der Waals surface area contributed by atoms with Crippen LogP contribution in [0.5, 0.6) is 5.75 Å². The minimum atomic E-state index is -1.23. The molecule has 0 radical (unpaired) electrons. The fourth-order valence-electron chi connectivity index (χ4n) is 1.02. The van der Waals surface area contributed by atoms with Gasteiger partial charge in [0.2, 0.25) is 0 Å². The van der Waals surface area contributed by atoms with Crippen LogP contribution in [0, 0.1) is 0 Å². The molecule has 5 heteroatoms. The fraction of sp³-hybridized carbons (Fsp3) is 0.417. The standard InChI is InChI=1S/C12H16BrNO2S/c1-12(2,3)17(15)14-8-9-5-6-10(13)11(7-9)16-4/h5-8H,1-4H3. The van der Waals surface area contributed by atoms with Gasteiger partial charge < -0.3 is 9.29 Å². The Labute approximate surface area is 114 Å². The van der Waals surface area contributed by atoms with Gasteiger partial charge in [-0.3, -0.25) is 0 Å². The Bertz CT molecular complexity index is 415. The third-order valence-electron chi connectivity index (χ3n) is 2.00. The summed E-state index contributed by atoms with van der Waals surface area (Å²) in [5.41, 5.74) is 0.864. The molecule has 0 N–H and O–H groups in total. The van der Waals surface area contributed by atoms with Gasteiger partial charge in [-0.05, 0) is 48.8 Å². The summed E-state index contributed by atoms with van der Waals surface area (Å²) in [5, 5.41) is 0. The first-order valence-electron chi connectivity index (χ1n) is 5.14. The Kier molecular flexibility index (Phi) is 5.04. The molecule has 0 aromatic heterocycles. The van der Waals surface area contributed by atoms with Crippen LogP contribution < -0.4 is 4.74 Å². The summed E-state index contributed by atoms with van der Waals surface area (Å²) in [6.45, 7) is 5.67. The number of methoxy groups -OCH3 is 1. The highest BCUT2D eigenvalue weighted by Crippen LogP contribution is 2.25. The second kappa shape index (κ2) is 5.89. The van der Waals surface area contributed by atoms with E-state index in [0.717, 1.165) is 15.8 Å². The van der Waals surface area contributed by atoms with E-state index in [4.69, 9.17) is 4.74 Å². The summed E-state index contributed by atoms with van der Waals surface area (Å²) in [6.07, 6.45) is 1.61. The molecule has 3 nitrogen and oxygen atoms in total. The molecule has 1 aromatic rings. The largest absolute Gasteiger partial charge is 0.591 e. The van der Waals surface area contributed by atoms with E-state index in [1.165, 1.54) is 0 Å². The Morgan fingerprint density at radius 2 is 2.06 bits per heavy atom.